The lowest BCUT2D eigenvalue weighted by Crippen LogP contribution is -2.35. The second kappa shape index (κ2) is 8.41. The van der Waals surface area contributed by atoms with Crippen molar-refractivity contribution >= 4 is 11.7 Å². The Labute approximate surface area is 146 Å². The maximum atomic E-state index is 12.5. The Morgan fingerprint density at radius 3 is 2.20 bits per heavy atom. The first kappa shape index (κ1) is 18.6. The quantitative estimate of drug-likeness (QED) is 0.665. The minimum Gasteiger partial charge on any atom is -0.507 e. The van der Waals surface area contributed by atoms with Gasteiger partial charge in [-0.1, -0.05) is 18.2 Å². The summed E-state index contributed by atoms with van der Waals surface area (Å²) < 4.78 is 0. The Hall–Kier alpha value is -2.70. The van der Waals surface area contributed by atoms with Crippen molar-refractivity contribution in [3.8, 4) is 16.9 Å². The van der Waals surface area contributed by atoms with Gasteiger partial charge in [0, 0.05) is 18.7 Å². The van der Waals surface area contributed by atoms with Gasteiger partial charge in [-0.2, -0.15) is 0 Å². The Bertz CT molecular complexity index is 766. The van der Waals surface area contributed by atoms with Crippen LogP contribution in [0.15, 0.2) is 42.5 Å². The van der Waals surface area contributed by atoms with Crippen LogP contribution in [-0.4, -0.2) is 58.2 Å². The van der Waals surface area contributed by atoms with Crippen molar-refractivity contribution in [2.24, 2.45) is 0 Å². The highest BCUT2D eigenvalue weighted by Gasteiger charge is 2.16. The Morgan fingerprint density at radius 2 is 1.60 bits per heavy atom. The third kappa shape index (κ3) is 4.43. The number of benzene rings is 2. The van der Waals surface area contributed by atoms with Gasteiger partial charge in [0.05, 0.1) is 18.8 Å². The van der Waals surface area contributed by atoms with Gasteiger partial charge >= 0.3 is 0 Å². The molecule has 2 rings (SSSR count). The number of carbonyl (C=O) groups excluding carboxylic acids is 2. The summed E-state index contributed by atoms with van der Waals surface area (Å²) in [7, 11) is 0. The van der Waals surface area contributed by atoms with E-state index in [-0.39, 0.29) is 49.3 Å². The van der Waals surface area contributed by atoms with Gasteiger partial charge in [-0.15, -0.1) is 0 Å². The van der Waals surface area contributed by atoms with Gasteiger partial charge in [-0.3, -0.25) is 9.59 Å². The number of nitrogens with zero attached hydrogens (tertiary/aromatic N) is 1. The van der Waals surface area contributed by atoms with Crippen LogP contribution in [0, 0.1) is 0 Å². The van der Waals surface area contributed by atoms with Crippen LogP contribution in [0.1, 0.15) is 27.6 Å². The highest BCUT2D eigenvalue weighted by atomic mass is 16.3. The van der Waals surface area contributed by atoms with E-state index in [4.69, 9.17) is 10.2 Å². The first-order valence-corrected chi connectivity index (χ1v) is 7.93. The van der Waals surface area contributed by atoms with Crippen molar-refractivity contribution in [2.75, 3.05) is 26.3 Å². The van der Waals surface area contributed by atoms with Crippen LogP contribution in [0.3, 0.4) is 0 Å². The number of hydrogen-bond donors (Lipinski definition) is 3. The molecule has 25 heavy (non-hydrogen) atoms. The number of aromatic hydroxyl groups is 1. The van der Waals surface area contributed by atoms with Crippen molar-refractivity contribution in [1.29, 1.82) is 0 Å². The van der Waals surface area contributed by atoms with Gasteiger partial charge in [0.15, 0.2) is 5.78 Å². The molecule has 0 fully saturated rings. The molecule has 0 heterocycles. The van der Waals surface area contributed by atoms with Crippen molar-refractivity contribution in [2.45, 2.75) is 6.92 Å². The monoisotopic (exact) mass is 343 g/mol. The molecule has 0 aromatic heterocycles. The van der Waals surface area contributed by atoms with Crippen LogP contribution >= 0.6 is 0 Å². The van der Waals surface area contributed by atoms with E-state index in [2.05, 4.69) is 0 Å². The Balaban J connectivity index is 2.37. The number of phenolic OH excluding ortho intramolecular Hbond substituents is 1. The highest BCUT2D eigenvalue weighted by Crippen LogP contribution is 2.27. The molecule has 1 amide bonds. The second-order valence-electron chi connectivity index (χ2n) is 5.61. The number of Topliss-reactive ketones (excluding diaryl/α,β-unsaturated/α-hetero) is 1. The topological polar surface area (TPSA) is 98.1 Å². The van der Waals surface area contributed by atoms with Gasteiger partial charge in [0.25, 0.3) is 5.91 Å². The summed E-state index contributed by atoms with van der Waals surface area (Å²) in [4.78, 5) is 25.5. The molecule has 2 aromatic carbocycles. The van der Waals surface area contributed by atoms with Crippen LogP contribution in [0.5, 0.6) is 5.75 Å². The molecule has 0 saturated heterocycles. The smallest absolute Gasteiger partial charge is 0.254 e. The van der Waals surface area contributed by atoms with Crippen LogP contribution in [0.25, 0.3) is 11.1 Å². The molecule has 0 saturated carbocycles. The minimum atomic E-state index is -0.296. The van der Waals surface area contributed by atoms with Crippen molar-refractivity contribution < 1.29 is 24.9 Å². The molecule has 0 aliphatic rings. The van der Waals surface area contributed by atoms with Crippen LogP contribution in [0.4, 0.5) is 0 Å². The normalized spacial score (nSPS) is 10.5. The second-order valence-corrected chi connectivity index (χ2v) is 5.61. The zero-order valence-electron chi connectivity index (χ0n) is 14.0. The van der Waals surface area contributed by atoms with Gasteiger partial charge in [0.1, 0.15) is 5.75 Å². The lowest BCUT2D eigenvalue weighted by molar-refractivity contribution is 0.0684. The Morgan fingerprint density at radius 1 is 0.960 bits per heavy atom. The number of hydrogen-bond acceptors (Lipinski definition) is 5. The molecule has 6 nitrogen and oxygen atoms in total. The average molecular weight is 343 g/mol. The molecule has 0 aliphatic heterocycles. The Kier molecular flexibility index (Phi) is 6.27. The molecule has 2 aromatic rings. The maximum Gasteiger partial charge on any atom is 0.254 e. The maximum absolute atomic E-state index is 12.5. The predicted octanol–water partition coefficient (Wildman–Crippen LogP) is 1.69. The first-order chi connectivity index (χ1) is 12.0. The van der Waals surface area contributed by atoms with Crippen molar-refractivity contribution in [3.05, 3.63) is 53.6 Å². The number of phenols is 1. The number of aliphatic hydroxyl groups is 2. The fraction of sp³-hybridized carbons (Fsp3) is 0.263. The molecular formula is C19H21NO5. The molecule has 0 radical (unpaired) electrons. The van der Waals surface area contributed by atoms with Gasteiger partial charge in [0.2, 0.25) is 0 Å². The summed E-state index contributed by atoms with van der Waals surface area (Å²) >= 11 is 0. The number of ketones is 1. The molecule has 3 N–H and O–H groups in total. The minimum absolute atomic E-state index is 0.0828. The summed E-state index contributed by atoms with van der Waals surface area (Å²) in [5, 5.41) is 27.9. The zero-order chi connectivity index (χ0) is 18.4. The average Bonchev–Trinajstić information content (AvgIpc) is 2.61. The fourth-order valence-electron chi connectivity index (χ4n) is 2.57. The standard InChI is InChI=1S/C19H21NO5/c1-13(23)17-12-15(5-6-18(17)24)14-3-2-4-16(11-14)19(25)20(7-9-21)8-10-22/h2-6,11-12,21-22,24H,7-10H2,1H3. The zero-order valence-corrected chi connectivity index (χ0v) is 14.0. The van der Waals surface area contributed by atoms with E-state index in [0.717, 1.165) is 5.56 Å². The van der Waals surface area contributed by atoms with E-state index in [0.29, 0.717) is 11.1 Å². The van der Waals surface area contributed by atoms with Crippen LogP contribution in [-0.2, 0) is 0 Å². The highest BCUT2D eigenvalue weighted by molar-refractivity contribution is 5.98. The van der Waals surface area contributed by atoms with E-state index in [9.17, 15) is 14.7 Å². The van der Waals surface area contributed by atoms with Gasteiger partial charge in [-0.05, 0) is 42.3 Å². The van der Waals surface area contributed by atoms with Crippen LogP contribution in [0.2, 0.25) is 0 Å². The van der Waals surface area contributed by atoms with Gasteiger partial charge in [-0.25, -0.2) is 0 Å². The third-order valence-corrected chi connectivity index (χ3v) is 3.85. The molecule has 0 spiro atoms. The van der Waals surface area contributed by atoms with Gasteiger partial charge < -0.3 is 20.2 Å². The van der Waals surface area contributed by atoms with E-state index >= 15 is 0 Å². The van der Waals surface area contributed by atoms with E-state index < -0.39 is 0 Å². The first-order valence-electron chi connectivity index (χ1n) is 7.93. The third-order valence-electron chi connectivity index (χ3n) is 3.85. The molecule has 0 aliphatic carbocycles. The largest absolute Gasteiger partial charge is 0.507 e. The summed E-state index contributed by atoms with van der Waals surface area (Å²) in [5.41, 5.74) is 2.06. The summed E-state index contributed by atoms with van der Waals surface area (Å²) in [6.07, 6.45) is 0. The van der Waals surface area contributed by atoms with E-state index in [1.165, 1.54) is 17.9 Å². The summed E-state index contributed by atoms with van der Waals surface area (Å²) in [6, 6.07) is 11.6. The molecule has 132 valence electrons. The van der Waals surface area contributed by atoms with Crippen LogP contribution < -0.4 is 0 Å². The predicted molar refractivity (Wildman–Crippen MR) is 93.6 cm³/mol. The molecule has 0 unspecified atom stereocenters. The number of rotatable bonds is 7. The molecule has 6 heteroatoms. The number of carbonyl (C=O) groups is 2. The van der Waals surface area contributed by atoms with Crippen molar-refractivity contribution in [1.82, 2.24) is 4.90 Å². The van der Waals surface area contributed by atoms with Crippen molar-refractivity contribution in [3.63, 3.8) is 0 Å². The van der Waals surface area contributed by atoms with E-state index in [1.54, 1.807) is 36.4 Å². The number of aliphatic hydroxyl groups excluding tert-OH is 2. The fourth-order valence-corrected chi connectivity index (χ4v) is 2.57. The molecule has 0 atom stereocenters. The molecular weight excluding hydrogens is 322 g/mol. The van der Waals surface area contributed by atoms with E-state index in [1.807, 2.05) is 0 Å². The summed E-state index contributed by atoms with van der Waals surface area (Å²) in [6.45, 7) is 1.27. The number of amides is 1. The summed E-state index contributed by atoms with van der Waals surface area (Å²) in [5.74, 6) is -0.625. The SMILES string of the molecule is CC(=O)c1cc(-c2cccc(C(=O)N(CCO)CCO)c2)ccc1O. The lowest BCUT2D eigenvalue weighted by Gasteiger charge is -2.21. The molecule has 0 bridgehead atoms. The lowest BCUT2D eigenvalue weighted by atomic mass is 9.99.